The van der Waals surface area contributed by atoms with E-state index in [4.69, 9.17) is 23.2 Å². The Morgan fingerprint density at radius 2 is 1.71 bits per heavy atom. The molecule has 0 radical (unpaired) electrons. The van der Waals surface area contributed by atoms with Crippen LogP contribution in [0.15, 0.2) is 42.5 Å². The number of urea groups is 1. The Bertz CT molecular complexity index is 795. The minimum absolute atomic E-state index is 0.000240. The average Bonchev–Trinajstić information content (AvgIpc) is 2.46. The zero-order valence-corrected chi connectivity index (χ0v) is 13.3. The molecule has 0 saturated heterocycles. The van der Waals surface area contributed by atoms with Crippen LogP contribution in [0, 0.1) is 0 Å². The molecular weight excluding hydrogens is 368 g/mol. The Balaban J connectivity index is 2.07. The van der Waals surface area contributed by atoms with Crippen molar-refractivity contribution >= 4 is 40.8 Å². The predicted molar refractivity (Wildman–Crippen MR) is 84.4 cm³/mol. The number of hydrogen-bond acceptors (Lipinski definition) is 2. The van der Waals surface area contributed by atoms with Gasteiger partial charge in [-0.2, -0.15) is 13.2 Å². The van der Waals surface area contributed by atoms with Crippen LogP contribution in [-0.4, -0.2) is 11.9 Å². The first-order valence-electron chi connectivity index (χ1n) is 6.41. The van der Waals surface area contributed by atoms with Gasteiger partial charge in [0.2, 0.25) is 0 Å². The molecule has 0 heterocycles. The highest BCUT2D eigenvalue weighted by molar-refractivity contribution is 6.37. The van der Waals surface area contributed by atoms with Gasteiger partial charge in [-0.3, -0.25) is 10.1 Å². The summed E-state index contributed by atoms with van der Waals surface area (Å²) in [5, 5.41) is 4.46. The highest BCUT2D eigenvalue weighted by Crippen LogP contribution is 2.30. The van der Waals surface area contributed by atoms with Crippen LogP contribution in [-0.2, 0) is 6.18 Å². The number of benzene rings is 2. The maximum absolute atomic E-state index is 12.6. The molecule has 0 fully saturated rings. The summed E-state index contributed by atoms with van der Waals surface area (Å²) in [6.07, 6.45) is -4.54. The highest BCUT2D eigenvalue weighted by atomic mass is 35.5. The van der Waals surface area contributed by atoms with E-state index < -0.39 is 23.7 Å². The summed E-state index contributed by atoms with van der Waals surface area (Å²) >= 11 is 11.5. The van der Waals surface area contributed by atoms with Crippen molar-refractivity contribution in [2.75, 3.05) is 5.32 Å². The Labute approximate surface area is 144 Å². The number of anilines is 1. The lowest BCUT2D eigenvalue weighted by Gasteiger charge is -2.10. The van der Waals surface area contributed by atoms with Gasteiger partial charge in [0.25, 0.3) is 5.91 Å². The second kappa shape index (κ2) is 7.11. The quantitative estimate of drug-likeness (QED) is 0.776. The zero-order chi connectivity index (χ0) is 17.9. The third-order valence-electron chi connectivity index (χ3n) is 2.85. The molecule has 3 amide bonds. The summed E-state index contributed by atoms with van der Waals surface area (Å²) in [7, 11) is 0. The largest absolute Gasteiger partial charge is 0.416 e. The van der Waals surface area contributed by atoms with E-state index in [0.717, 1.165) is 18.2 Å². The van der Waals surface area contributed by atoms with E-state index in [0.29, 0.717) is 5.02 Å². The highest BCUT2D eigenvalue weighted by Gasteiger charge is 2.30. The van der Waals surface area contributed by atoms with Crippen molar-refractivity contribution in [3.63, 3.8) is 0 Å². The van der Waals surface area contributed by atoms with Gasteiger partial charge in [0.15, 0.2) is 0 Å². The minimum atomic E-state index is -4.54. The fraction of sp³-hybridized carbons (Fsp3) is 0.0667. The van der Waals surface area contributed by atoms with Crippen LogP contribution in [0.5, 0.6) is 0 Å². The topological polar surface area (TPSA) is 58.2 Å². The number of hydrogen-bond donors (Lipinski definition) is 2. The fourth-order valence-electron chi connectivity index (χ4n) is 1.78. The van der Waals surface area contributed by atoms with Crippen molar-refractivity contribution in [3.05, 3.63) is 63.6 Å². The maximum Gasteiger partial charge on any atom is 0.416 e. The van der Waals surface area contributed by atoms with E-state index in [1.54, 1.807) is 0 Å². The molecule has 24 heavy (non-hydrogen) atoms. The molecule has 0 aliphatic rings. The van der Waals surface area contributed by atoms with E-state index in [-0.39, 0.29) is 16.3 Å². The van der Waals surface area contributed by atoms with Crippen molar-refractivity contribution in [2.45, 2.75) is 6.18 Å². The van der Waals surface area contributed by atoms with Gasteiger partial charge in [0, 0.05) is 10.7 Å². The van der Waals surface area contributed by atoms with Gasteiger partial charge < -0.3 is 5.32 Å². The third-order valence-corrected chi connectivity index (χ3v) is 3.40. The van der Waals surface area contributed by atoms with Gasteiger partial charge in [-0.15, -0.1) is 0 Å². The van der Waals surface area contributed by atoms with Crippen LogP contribution < -0.4 is 10.6 Å². The monoisotopic (exact) mass is 376 g/mol. The number of carbonyl (C=O) groups excluding carboxylic acids is 2. The smallest absolute Gasteiger partial charge is 0.308 e. The second-order valence-corrected chi connectivity index (χ2v) is 5.45. The van der Waals surface area contributed by atoms with Crippen molar-refractivity contribution in [1.82, 2.24) is 5.32 Å². The molecule has 0 bridgehead atoms. The average molecular weight is 377 g/mol. The second-order valence-electron chi connectivity index (χ2n) is 4.61. The molecule has 0 unspecified atom stereocenters. The Hall–Kier alpha value is -2.25. The molecular formula is C15H9Cl2F3N2O2. The number of imide groups is 1. The maximum atomic E-state index is 12.6. The third kappa shape index (κ3) is 4.62. The minimum Gasteiger partial charge on any atom is -0.308 e. The molecule has 126 valence electrons. The van der Waals surface area contributed by atoms with E-state index in [1.165, 1.54) is 24.3 Å². The normalized spacial score (nSPS) is 11.0. The lowest BCUT2D eigenvalue weighted by molar-refractivity contribution is -0.137. The summed E-state index contributed by atoms with van der Waals surface area (Å²) in [5.74, 6) is -0.818. The first-order chi connectivity index (χ1) is 11.2. The Kier molecular flexibility index (Phi) is 5.36. The first-order valence-corrected chi connectivity index (χ1v) is 7.17. The van der Waals surface area contributed by atoms with Crippen LogP contribution in [0.3, 0.4) is 0 Å². The number of carbonyl (C=O) groups is 2. The van der Waals surface area contributed by atoms with Gasteiger partial charge in [0.1, 0.15) is 0 Å². The van der Waals surface area contributed by atoms with Crippen LogP contribution in [0.2, 0.25) is 10.0 Å². The number of rotatable bonds is 2. The van der Waals surface area contributed by atoms with Crippen molar-refractivity contribution in [3.8, 4) is 0 Å². The van der Waals surface area contributed by atoms with Crippen molar-refractivity contribution in [1.29, 1.82) is 0 Å². The first kappa shape index (κ1) is 18.1. The van der Waals surface area contributed by atoms with Crippen LogP contribution in [0.25, 0.3) is 0 Å². The van der Waals surface area contributed by atoms with Gasteiger partial charge >= 0.3 is 12.2 Å². The lowest BCUT2D eigenvalue weighted by Crippen LogP contribution is -2.34. The van der Waals surface area contributed by atoms with Gasteiger partial charge in [-0.25, -0.2) is 4.79 Å². The molecule has 2 rings (SSSR count). The Morgan fingerprint density at radius 3 is 2.33 bits per heavy atom. The zero-order valence-electron chi connectivity index (χ0n) is 11.7. The van der Waals surface area contributed by atoms with Crippen LogP contribution in [0.1, 0.15) is 15.9 Å². The molecule has 0 aromatic heterocycles. The molecule has 2 aromatic rings. The Morgan fingerprint density at radius 1 is 1.00 bits per heavy atom. The summed E-state index contributed by atoms with van der Waals surface area (Å²) in [5.41, 5.74) is -1.04. The molecule has 0 spiro atoms. The molecule has 0 aliphatic carbocycles. The van der Waals surface area contributed by atoms with E-state index >= 15 is 0 Å². The fourth-order valence-corrected chi connectivity index (χ4v) is 2.27. The van der Waals surface area contributed by atoms with Crippen molar-refractivity contribution < 1.29 is 22.8 Å². The molecule has 9 heteroatoms. The summed E-state index contributed by atoms with van der Waals surface area (Å²) in [6, 6.07) is 7.06. The van der Waals surface area contributed by atoms with Gasteiger partial charge in [-0.05, 0) is 36.4 Å². The molecule has 4 nitrogen and oxygen atoms in total. The number of alkyl halides is 3. The SMILES string of the molecule is O=C(NC(=O)c1ccc(Cl)cc1Cl)Nc1cccc(C(F)(F)F)c1. The van der Waals surface area contributed by atoms with E-state index in [1.807, 2.05) is 5.32 Å². The number of amides is 3. The lowest BCUT2D eigenvalue weighted by atomic mass is 10.2. The number of halogens is 5. The van der Waals surface area contributed by atoms with Gasteiger partial charge in [-0.1, -0.05) is 29.3 Å². The van der Waals surface area contributed by atoms with Gasteiger partial charge in [0.05, 0.1) is 16.1 Å². The van der Waals surface area contributed by atoms with E-state index in [2.05, 4.69) is 5.32 Å². The summed E-state index contributed by atoms with van der Waals surface area (Å²) in [4.78, 5) is 23.7. The standard InChI is InChI=1S/C15H9Cl2F3N2O2/c16-9-4-5-11(12(17)7-9)13(23)22-14(24)21-10-3-1-2-8(6-10)15(18,19)20/h1-7H,(H2,21,22,23,24). The van der Waals surface area contributed by atoms with Crippen LogP contribution >= 0.6 is 23.2 Å². The molecule has 0 saturated carbocycles. The molecule has 2 N–H and O–H groups in total. The van der Waals surface area contributed by atoms with E-state index in [9.17, 15) is 22.8 Å². The molecule has 0 aliphatic heterocycles. The predicted octanol–water partition coefficient (Wildman–Crippen LogP) is 4.97. The number of nitrogens with one attached hydrogen (secondary N) is 2. The molecule has 2 aromatic carbocycles. The van der Waals surface area contributed by atoms with Crippen LogP contribution in [0.4, 0.5) is 23.7 Å². The van der Waals surface area contributed by atoms with Crippen molar-refractivity contribution in [2.24, 2.45) is 0 Å². The summed E-state index contributed by atoms with van der Waals surface area (Å²) < 4.78 is 37.8. The summed E-state index contributed by atoms with van der Waals surface area (Å²) in [6.45, 7) is 0. The molecule has 0 atom stereocenters.